The zero-order valence-electron chi connectivity index (χ0n) is 11.7. The molecule has 0 radical (unpaired) electrons. The first-order chi connectivity index (χ1) is 9.25. The van der Waals surface area contributed by atoms with E-state index in [1.165, 1.54) is 42.5 Å². The highest BCUT2D eigenvalue weighted by Crippen LogP contribution is 2.33. The Morgan fingerprint density at radius 1 is 1.16 bits per heavy atom. The number of benzene rings is 1. The first-order valence-corrected chi connectivity index (χ1v) is 7.12. The Labute approximate surface area is 114 Å². The Hall–Kier alpha value is -1.77. The molecule has 2 aromatic rings. The highest BCUT2D eigenvalue weighted by molar-refractivity contribution is 5.63. The van der Waals surface area contributed by atoms with E-state index in [4.69, 9.17) is 0 Å². The molecule has 1 aliphatic rings. The molecule has 0 bridgehead atoms. The third kappa shape index (κ3) is 2.37. The van der Waals surface area contributed by atoms with E-state index in [-0.39, 0.29) is 0 Å². The molecule has 1 aromatic carbocycles. The van der Waals surface area contributed by atoms with Gasteiger partial charge < -0.3 is 9.88 Å². The summed E-state index contributed by atoms with van der Waals surface area (Å²) in [4.78, 5) is 4.49. The molecule has 0 amide bonds. The fourth-order valence-corrected chi connectivity index (χ4v) is 3.01. The van der Waals surface area contributed by atoms with Gasteiger partial charge in [-0.25, -0.2) is 4.98 Å². The molecule has 0 spiro atoms. The molecule has 19 heavy (non-hydrogen) atoms. The summed E-state index contributed by atoms with van der Waals surface area (Å²) in [6.45, 7) is 4.27. The van der Waals surface area contributed by atoms with Gasteiger partial charge in [-0.1, -0.05) is 31.0 Å². The van der Waals surface area contributed by atoms with Crippen LogP contribution < -0.4 is 5.32 Å². The summed E-state index contributed by atoms with van der Waals surface area (Å²) in [5, 5.41) is 3.52. The van der Waals surface area contributed by atoms with E-state index < -0.39 is 0 Å². The third-order valence-electron chi connectivity index (χ3n) is 4.10. The predicted octanol–water partition coefficient (Wildman–Crippen LogP) is 4.36. The van der Waals surface area contributed by atoms with E-state index >= 15 is 0 Å². The minimum atomic E-state index is 0.620. The maximum Gasteiger partial charge on any atom is 0.207 e. The van der Waals surface area contributed by atoms with Crippen molar-refractivity contribution in [2.45, 2.75) is 45.6 Å². The van der Waals surface area contributed by atoms with Gasteiger partial charge in [0.2, 0.25) is 5.95 Å². The molecule has 1 aliphatic carbocycles. The number of imidazole rings is 1. The number of para-hydroxylation sites is 1. The maximum atomic E-state index is 4.49. The lowest BCUT2D eigenvalue weighted by molar-refractivity contribution is 0.525. The first kappa shape index (κ1) is 12.3. The van der Waals surface area contributed by atoms with Crippen LogP contribution in [0.2, 0.25) is 0 Å². The Morgan fingerprint density at radius 3 is 2.53 bits per heavy atom. The van der Waals surface area contributed by atoms with Crippen molar-refractivity contribution in [3.8, 4) is 0 Å². The minimum Gasteiger partial charge on any atom is -0.325 e. The fraction of sp³-hybridized carbons (Fsp3) is 0.438. The number of nitrogens with zero attached hydrogens (tertiary/aromatic N) is 2. The van der Waals surface area contributed by atoms with Gasteiger partial charge in [0.15, 0.2) is 0 Å². The van der Waals surface area contributed by atoms with Crippen molar-refractivity contribution in [2.24, 2.45) is 0 Å². The SMILES string of the molecule is Cc1cccc(C)c1Nc1nccn1C1CCCC1. The monoisotopic (exact) mass is 255 g/mol. The highest BCUT2D eigenvalue weighted by atomic mass is 15.2. The average Bonchev–Trinajstić information content (AvgIpc) is 3.04. The van der Waals surface area contributed by atoms with Crippen LogP contribution in [0.25, 0.3) is 0 Å². The number of anilines is 2. The van der Waals surface area contributed by atoms with Crippen LogP contribution in [-0.4, -0.2) is 9.55 Å². The van der Waals surface area contributed by atoms with Crippen molar-refractivity contribution in [3.63, 3.8) is 0 Å². The molecule has 3 rings (SSSR count). The molecule has 3 nitrogen and oxygen atoms in total. The number of aromatic nitrogens is 2. The summed E-state index contributed by atoms with van der Waals surface area (Å²) >= 11 is 0. The molecular weight excluding hydrogens is 234 g/mol. The van der Waals surface area contributed by atoms with E-state index in [2.05, 4.69) is 53.1 Å². The number of nitrogens with one attached hydrogen (secondary N) is 1. The lowest BCUT2D eigenvalue weighted by atomic mass is 10.1. The van der Waals surface area contributed by atoms with Crippen molar-refractivity contribution in [1.29, 1.82) is 0 Å². The van der Waals surface area contributed by atoms with Crippen LogP contribution in [0.1, 0.15) is 42.9 Å². The van der Waals surface area contributed by atoms with E-state index in [9.17, 15) is 0 Å². The summed E-state index contributed by atoms with van der Waals surface area (Å²) < 4.78 is 2.30. The van der Waals surface area contributed by atoms with Crippen LogP contribution in [-0.2, 0) is 0 Å². The van der Waals surface area contributed by atoms with Gasteiger partial charge in [-0.05, 0) is 37.8 Å². The second kappa shape index (κ2) is 5.08. The molecular formula is C16H21N3. The van der Waals surface area contributed by atoms with Crippen LogP contribution in [0.3, 0.4) is 0 Å². The molecule has 0 saturated heterocycles. The molecule has 1 heterocycles. The molecule has 0 atom stereocenters. The zero-order valence-corrected chi connectivity index (χ0v) is 11.7. The second-order valence-electron chi connectivity index (χ2n) is 5.49. The van der Waals surface area contributed by atoms with Gasteiger partial charge in [0.1, 0.15) is 0 Å². The van der Waals surface area contributed by atoms with E-state index in [0.29, 0.717) is 6.04 Å². The first-order valence-electron chi connectivity index (χ1n) is 7.12. The predicted molar refractivity (Wildman–Crippen MR) is 78.9 cm³/mol. The summed E-state index contributed by atoms with van der Waals surface area (Å²) in [5.41, 5.74) is 3.72. The van der Waals surface area contributed by atoms with Gasteiger partial charge in [0, 0.05) is 24.1 Å². The van der Waals surface area contributed by atoms with Crippen molar-refractivity contribution in [3.05, 3.63) is 41.7 Å². The van der Waals surface area contributed by atoms with Gasteiger partial charge in [0.25, 0.3) is 0 Å². The van der Waals surface area contributed by atoms with E-state index in [1.807, 2.05) is 6.20 Å². The summed E-state index contributed by atoms with van der Waals surface area (Å²) in [6, 6.07) is 6.99. The third-order valence-corrected chi connectivity index (χ3v) is 4.10. The topological polar surface area (TPSA) is 29.9 Å². The average molecular weight is 255 g/mol. The van der Waals surface area contributed by atoms with Crippen LogP contribution >= 0.6 is 0 Å². The van der Waals surface area contributed by atoms with Gasteiger partial charge in [-0.15, -0.1) is 0 Å². The number of hydrogen-bond acceptors (Lipinski definition) is 2. The second-order valence-corrected chi connectivity index (χ2v) is 5.49. The molecule has 1 saturated carbocycles. The van der Waals surface area contributed by atoms with E-state index in [1.54, 1.807) is 0 Å². The fourth-order valence-electron chi connectivity index (χ4n) is 3.01. The molecule has 0 unspecified atom stereocenters. The Bertz CT molecular complexity index is 545. The van der Waals surface area contributed by atoms with Gasteiger partial charge >= 0.3 is 0 Å². The number of rotatable bonds is 3. The number of hydrogen-bond donors (Lipinski definition) is 1. The standard InChI is InChI=1S/C16H21N3/c1-12-6-5-7-13(2)15(12)18-16-17-10-11-19(16)14-8-3-4-9-14/h5-7,10-11,14H,3-4,8-9H2,1-2H3,(H,17,18). The van der Waals surface area contributed by atoms with Gasteiger partial charge in [-0.3, -0.25) is 0 Å². The lowest BCUT2D eigenvalue weighted by Gasteiger charge is -2.17. The Balaban J connectivity index is 1.89. The number of aryl methyl sites for hydroxylation is 2. The lowest BCUT2D eigenvalue weighted by Crippen LogP contribution is -2.09. The molecule has 100 valence electrons. The van der Waals surface area contributed by atoms with Crippen LogP contribution in [0.5, 0.6) is 0 Å². The maximum absolute atomic E-state index is 4.49. The van der Waals surface area contributed by atoms with Crippen LogP contribution in [0.4, 0.5) is 11.6 Å². The van der Waals surface area contributed by atoms with E-state index in [0.717, 1.165) is 5.95 Å². The molecule has 1 N–H and O–H groups in total. The quantitative estimate of drug-likeness (QED) is 0.883. The minimum absolute atomic E-state index is 0.620. The zero-order chi connectivity index (χ0) is 13.2. The summed E-state index contributed by atoms with van der Waals surface area (Å²) in [6.07, 6.45) is 9.23. The summed E-state index contributed by atoms with van der Waals surface area (Å²) in [5.74, 6) is 0.976. The van der Waals surface area contributed by atoms with Crippen molar-refractivity contribution < 1.29 is 0 Å². The van der Waals surface area contributed by atoms with Crippen molar-refractivity contribution >= 4 is 11.6 Å². The van der Waals surface area contributed by atoms with Crippen LogP contribution in [0, 0.1) is 13.8 Å². The smallest absolute Gasteiger partial charge is 0.207 e. The molecule has 3 heteroatoms. The van der Waals surface area contributed by atoms with Crippen molar-refractivity contribution in [2.75, 3.05) is 5.32 Å². The van der Waals surface area contributed by atoms with Crippen molar-refractivity contribution in [1.82, 2.24) is 9.55 Å². The normalized spacial score (nSPS) is 15.9. The largest absolute Gasteiger partial charge is 0.325 e. The Morgan fingerprint density at radius 2 is 1.84 bits per heavy atom. The summed E-state index contributed by atoms with van der Waals surface area (Å²) in [7, 11) is 0. The van der Waals surface area contributed by atoms with Crippen LogP contribution in [0.15, 0.2) is 30.6 Å². The Kier molecular flexibility index (Phi) is 3.28. The molecule has 1 fully saturated rings. The van der Waals surface area contributed by atoms with Gasteiger partial charge in [0.05, 0.1) is 0 Å². The molecule has 0 aliphatic heterocycles. The highest BCUT2D eigenvalue weighted by Gasteiger charge is 2.19. The molecule has 1 aromatic heterocycles. The van der Waals surface area contributed by atoms with Gasteiger partial charge in [-0.2, -0.15) is 0 Å².